The highest BCUT2D eigenvalue weighted by Crippen LogP contribution is 2.55. The smallest absolute Gasteiger partial charge is 0.303 e. The van der Waals surface area contributed by atoms with Gasteiger partial charge in [0, 0.05) is 12.8 Å². The Bertz CT molecular complexity index is 834. The summed E-state index contributed by atoms with van der Waals surface area (Å²) in [5.74, 6) is -2.31. The average Bonchev–Trinajstić information content (AvgIpc) is 2.69. The van der Waals surface area contributed by atoms with E-state index in [9.17, 15) is 15.0 Å². The van der Waals surface area contributed by atoms with E-state index in [1.165, 1.54) is 6.08 Å². The summed E-state index contributed by atoms with van der Waals surface area (Å²) < 4.78 is 20.0. The van der Waals surface area contributed by atoms with Gasteiger partial charge < -0.3 is 29.2 Å². The molecule has 1 aromatic rings. The Morgan fingerprint density at radius 1 is 1.32 bits per heavy atom. The lowest BCUT2D eigenvalue weighted by atomic mass is 9.57. The molecule has 0 spiro atoms. The predicted octanol–water partition coefficient (Wildman–Crippen LogP) is 2.47. The third-order valence-corrected chi connectivity index (χ3v) is 5.77. The molecule has 3 rings (SSSR count). The molecule has 0 amide bonds. The van der Waals surface area contributed by atoms with Crippen LogP contribution in [0, 0.1) is 5.41 Å². The lowest BCUT2D eigenvalue weighted by molar-refractivity contribution is -0.382. The molecule has 1 aliphatic heterocycles. The minimum absolute atomic E-state index is 0.0102. The number of aliphatic hydroxyl groups is 2. The number of fused-ring (bicyclic) bond motifs is 1. The van der Waals surface area contributed by atoms with Gasteiger partial charge in [-0.1, -0.05) is 71.2 Å². The van der Waals surface area contributed by atoms with Crippen LogP contribution in [0.1, 0.15) is 18.4 Å². The van der Waals surface area contributed by atoms with Gasteiger partial charge in [0.25, 0.3) is 3.79 Å². The van der Waals surface area contributed by atoms with Gasteiger partial charge in [0.05, 0.1) is 12.7 Å². The topological polar surface area (TPSA) is 118 Å². The van der Waals surface area contributed by atoms with Gasteiger partial charge in [-0.3, -0.25) is 10.2 Å². The van der Waals surface area contributed by atoms with E-state index in [0.29, 0.717) is 5.56 Å². The van der Waals surface area contributed by atoms with Gasteiger partial charge in [-0.15, -0.1) is 6.58 Å². The van der Waals surface area contributed by atoms with Crippen LogP contribution in [0.4, 0.5) is 0 Å². The van der Waals surface area contributed by atoms with E-state index in [2.05, 4.69) is 6.58 Å². The summed E-state index contributed by atoms with van der Waals surface area (Å²) in [4.78, 5) is 11.8. The number of benzene rings is 1. The van der Waals surface area contributed by atoms with Crippen molar-refractivity contribution in [1.82, 2.24) is 0 Å². The zero-order valence-corrected chi connectivity index (χ0v) is 18.7. The molecule has 1 saturated carbocycles. The highest BCUT2D eigenvalue weighted by Gasteiger charge is 2.73. The Balaban J connectivity index is 2.01. The van der Waals surface area contributed by atoms with E-state index >= 15 is 0 Å². The van der Waals surface area contributed by atoms with Crippen molar-refractivity contribution in [2.24, 2.45) is 0 Å². The highest BCUT2D eigenvalue weighted by molar-refractivity contribution is 6.76. The van der Waals surface area contributed by atoms with Gasteiger partial charge in [0.15, 0.2) is 6.10 Å². The van der Waals surface area contributed by atoms with Crippen LogP contribution in [0.5, 0.6) is 0 Å². The fraction of sp³-hybridized carbons (Fsp3) is 0.500. The number of alkyl halides is 3. The Labute approximate surface area is 194 Å². The summed E-state index contributed by atoms with van der Waals surface area (Å²) in [7, 11) is 0. The molecule has 1 saturated heterocycles. The minimum atomic E-state index is -2.21. The number of nitrogens with one attached hydrogen (secondary N) is 1. The van der Waals surface area contributed by atoms with Crippen molar-refractivity contribution in [2.75, 3.05) is 6.61 Å². The van der Waals surface area contributed by atoms with Gasteiger partial charge in [0.1, 0.15) is 17.8 Å². The van der Waals surface area contributed by atoms with Gasteiger partial charge in [-0.25, -0.2) is 0 Å². The Kier molecular flexibility index (Phi) is 7.22. The zero-order chi connectivity index (χ0) is 23.0. The van der Waals surface area contributed by atoms with Crippen molar-refractivity contribution >= 4 is 46.7 Å². The quantitative estimate of drug-likeness (QED) is 0.183. The van der Waals surface area contributed by atoms with E-state index in [1.807, 2.05) is 0 Å². The average molecular weight is 495 g/mol. The first-order valence-electron chi connectivity index (χ1n) is 9.34. The summed E-state index contributed by atoms with van der Waals surface area (Å²) in [6.07, 6.45) is -4.93. The second-order valence-corrected chi connectivity index (χ2v) is 9.53. The molecule has 1 aliphatic carbocycles. The summed E-state index contributed by atoms with van der Waals surface area (Å²) in [5.41, 5.74) is -1.15. The first kappa shape index (κ1) is 24.3. The number of halogens is 3. The largest absolute Gasteiger partial charge is 0.453 e. The van der Waals surface area contributed by atoms with Gasteiger partial charge >= 0.3 is 5.97 Å². The highest BCUT2D eigenvalue weighted by atomic mass is 35.6. The molecule has 0 radical (unpaired) electrons. The number of carbonyl (C=O) groups is 1. The molecule has 2 aliphatic rings. The second-order valence-electron chi connectivity index (χ2n) is 7.25. The van der Waals surface area contributed by atoms with Crippen molar-refractivity contribution < 1.29 is 34.0 Å². The van der Waals surface area contributed by atoms with Crippen molar-refractivity contribution in [2.45, 2.75) is 52.9 Å². The Hall–Kier alpha value is -1.39. The van der Waals surface area contributed by atoms with Gasteiger partial charge in [0.2, 0.25) is 12.2 Å². The monoisotopic (exact) mass is 493 g/mol. The van der Waals surface area contributed by atoms with E-state index in [0.717, 1.165) is 6.92 Å². The first-order chi connectivity index (χ1) is 14.5. The van der Waals surface area contributed by atoms with Crippen LogP contribution in [-0.2, 0) is 23.7 Å². The summed E-state index contributed by atoms with van der Waals surface area (Å²) in [6.45, 7) is 4.74. The molecule has 31 heavy (non-hydrogen) atoms. The Morgan fingerprint density at radius 3 is 2.52 bits per heavy atom. The lowest BCUT2D eigenvalue weighted by Crippen LogP contribution is -2.81. The van der Waals surface area contributed by atoms with Crippen LogP contribution in [0.25, 0.3) is 0 Å². The number of aliphatic hydroxyl groups excluding tert-OH is 1. The van der Waals surface area contributed by atoms with E-state index < -0.39 is 57.9 Å². The predicted molar refractivity (Wildman–Crippen MR) is 113 cm³/mol. The number of esters is 1. The number of hydrogen-bond donors (Lipinski definition) is 3. The number of carbonyl (C=O) groups excluding carboxylic acids is 1. The van der Waals surface area contributed by atoms with Crippen molar-refractivity contribution in [3.8, 4) is 0 Å². The van der Waals surface area contributed by atoms with Crippen LogP contribution < -0.4 is 0 Å². The molecule has 3 N–H and O–H groups in total. The molecule has 1 aromatic carbocycles. The van der Waals surface area contributed by atoms with E-state index in [-0.39, 0.29) is 6.61 Å². The molecule has 0 bridgehead atoms. The molecule has 8 nitrogen and oxygen atoms in total. The lowest BCUT2D eigenvalue weighted by Gasteiger charge is -2.62. The molecule has 2 fully saturated rings. The molecular formula is C20H22Cl3NO7. The molecule has 170 valence electrons. The maximum atomic E-state index is 11.8. The second kappa shape index (κ2) is 9.23. The van der Waals surface area contributed by atoms with Crippen LogP contribution in [0.15, 0.2) is 43.0 Å². The van der Waals surface area contributed by atoms with Crippen LogP contribution in [-0.4, -0.2) is 68.8 Å². The van der Waals surface area contributed by atoms with Crippen molar-refractivity contribution in [3.05, 3.63) is 48.6 Å². The summed E-state index contributed by atoms with van der Waals surface area (Å²) >= 11 is 17.1. The molecule has 11 heteroatoms. The number of hydrogen-bond acceptors (Lipinski definition) is 8. The minimum Gasteiger partial charge on any atom is -0.453 e. The van der Waals surface area contributed by atoms with Crippen molar-refractivity contribution in [3.63, 3.8) is 0 Å². The van der Waals surface area contributed by atoms with E-state index in [1.54, 1.807) is 30.3 Å². The first-order valence-corrected chi connectivity index (χ1v) is 10.5. The van der Waals surface area contributed by atoms with Gasteiger partial charge in [-0.2, -0.15) is 0 Å². The normalized spacial score (nSPS) is 34.8. The zero-order valence-electron chi connectivity index (χ0n) is 16.4. The standard InChI is InChI=1S/C20H22Cl3NO7/c1-3-9-28-16-14(29-10(2)25)17(31-18(24)20(21,22)23)30-15-13(26)12(19(15,16)27)11-7-5-4-6-8-11/h3-8,12-17,24,26-27H,1,9H2,2H3/t12?,13?,14-,15-,16-,17-,19-/m1/s1. The SMILES string of the molecule is C=CCO[C@@H]1[C@@H](OC(C)=O)[C@@H](OC(=N)C(Cl)(Cl)Cl)O[C@@H]2C(O)C(c3ccccc3)[C@@]21O. The summed E-state index contributed by atoms with van der Waals surface area (Å²) in [5, 5.41) is 30.3. The Morgan fingerprint density at radius 2 is 1.97 bits per heavy atom. The maximum absolute atomic E-state index is 11.8. The number of ether oxygens (including phenoxy) is 4. The molecular weight excluding hydrogens is 473 g/mol. The molecule has 7 atom stereocenters. The fourth-order valence-corrected chi connectivity index (χ4v) is 4.18. The van der Waals surface area contributed by atoms with Crippen LogP contribution >= 0.6 is 34.8 Å². The van der Waals surface area contributed by atoms with Crippen LogP contribution in [0.3, 0.4) is 0 Å². The molecule has 1 heterocycles. The maximum Gasteiger partial charge on any atom is 0.303 e. The van der Waals surface area contributed by atoms with E-state index in [4.69, 9.17) is 59.2 Å². The van der Waals surface area contributed by atoms with Crippen LogP contribution in [0.2, 0.25) is 0 Å². The number of rotatable bonds is 6. The summed E-state index contributed by atoms with van der Waals surface area (Å²) in [6, 6.07) is 8.82. The molecule has 0 aromatic heterocycles. The third kappa shape index (κ3) is 4.57. The fourth-order valence-electron chi connectivity index (χ4n) is 4.05. The third-order valence-electron chi connectivity index (χ3n) is 5.25. The molecule has 2 unspecified atom stereocenters. The van der Waals surface area contributed by atoms with Gasteiger partial charge in [-0.05, 0) is 5.56 Å². The van der Waals surface area contributed by atoms with Crippen molar-refractivity contribution in [1.29, 1.82) is 5.41 Å².